The molecule has 0 saturated heterocycles. The number of rotatable bonds is 6. The van der Waals surface area contributed by atoms with E-state index in [2.05, 4.69) is 15.3 Å². The number of hydrogen-bond acceptors (Lipinski definition) is 5. The van der Waals surface area contributed by atoms with Crippen LogP contribution in [0.15, 0.2) is 30.3 Å². The molecule has 0 aliphatic carbocycles. The summed E-state index contributed by atoms with van der Waals surface area (Å²) in [6.45, 7) is 1.77. The van der Waals surface area contributed by atoms with Gasteiger partial charge in [-0.25, -0.2) is 14.4 Å². The van der Waals surface area contributed by atoms with E-state index in [1.165, 1.54) is 12.1 Å². The van der Waals surface area contributed by atoms with Gasteiger partial charge in [0.05, 0.1) is 6.54 Å². The van der Waals surface area contributed by atoms with Gasteiger partial charge in [0.1, 0.15) is 11.6 Å². The molecule has 1 aromatic carbocycles. The van der Waals surface area contributed by atoms with Gasteiger partial charge in [0, 0.05) is 25.9 Å². The molecule has 0 unspecified atom stereocenters. The standard InChI is InChI=1S/C16H19FN4O2/c1-11-8-15(21(2)3)20-14(19-11)9-18-16(22)10-23-13-7-5-4-6-12(13)17/h4-8H,9-10H2,1-3H3,(H,18,22). The van der Waals surface area contributed by atoms with Crippen molar-refractivity contribution in [1.82, 2.24) is 15.3 Å². The molecule has 0 aliphatic heterocycles. The number of benzene rings is 1. The van der Waals surface area contributed by atoms with Crippen molar-refractivity contribution in [1.29, 1.82) is 0 Å². The maximum absolute atomic E-state index is 13.4. The smallest absolute Gasteiger partial charge is 0.258 e. The van der Waals surface area contributed by atoms with Gasteiger partial charge >= 0.3 is 0 Å². The van der Waals surface area contributed by atoms with Gasteiger partial charge in [-0.2, -0.15) is 0 Å². The van der Waals surface area contributed by atoms with Crippen LogP contribution in [0.4, 0.5) is 10.2 Å². The van der Waals surface area contributed by atoms with Crippen LogP contribution in [0.25, 0.3) is 0 Å². The minimum atomic E-state index is -0.502. The second-order valence-corrected chi connectivity index (χ2v) is 5.17. The molecule has 23 heavy (non-hydrogen) atoms. The molecule has 1 N–H and O–H groups in total. The highest BCUT2D eigenvalue weighted by Gasteiger charge is 2.08. The van der Waals surface area contributed by atoms with E-state index in [0.717, 1.165) is 11.5 Å². The molecular weight excluding hydrogens is 299 g/mol. The summed E-state index contributed by atoms with van der Waals surface area (Å²) >= 11 is 0. The molecule has 0 radical (unpaired) electrons. The fourth-order valence-electron chi connectivity index (χ4n) is 1.85. The Hall–Kier alpha value is -2.70. The first-order valence-electron chi connectivity index (χ1n) is 7.11. The van der Waals surface area contributed by atoms with Crippen LogP contribution < -0.4 is 15.0 Å². The van der Waals surface area contributed by atoms with E-state index in [1.54, 1.807) is 12.1 Å². The lowest BCUT2D eigenvalue weighted by Gasteiger charge is -2.13. The molecular formula is C16H19FN4O2. The van der Waals surface area contributed by atoms with Gasteiger partial charge in [-0.15, -0.1) is 0 Å². The Morgan fingerprint density at radius 2 is 2.04 bits per heavy atom. The zero-order chi connectivity index (χ0) is 16.8. The lowest BCUT2D eigenvalue weighted by Crippen LogP contribution is -2.29. The lowest BCUT2D eigenvalue weighted by atomic mass is 10.3. The Morgan fingerprint density at radius 3 is 2.74 bits per heavy atom. The summed E-state index contributed by atoms with van der Waals surface area (Å²) in [4.78, 5) is 22.2. The predicted octanol–water partition coefficient (Wildman–Crippen LogP) is 1.69. The van der Waals surface area contributed by atoms with Crippen molar-refractivity contribution in [3.63, 3.8) is 0 Å². The third-order valence-corrected chi connectivity index (χ3v) is 2.98. The minimum absolute atomic E-state index is 0.0457. The van der Waals surface area contributed by atoms with E-state index in [4.69, 9.17) is 4.74 Å². The van der Waals surface area contributed by atoms with E-state index in [1.807, 2.05) is 32.0 Å². The van der Waals surface area contributed by atoms with Crippen LogP contribution in [0.3, 0.4) is 0 Å². The Balaban J connectivity index is 1.88. The van der Waals surface area contributed by atoms with Crippen molar-refractivity contribution >= 4 is 11.7 Å². The summed E-state index contributed by atoms with van der Waals surface area (Å²) in [6.07, 6.45) is 0. The average molecular weight is 318 g/mol. The SMILES string of the molecule is Cc1cc(N(C)C)nc(CNC(=O)COc2ccccc2F)n1. The lowest BCUT2D eigenvalue weighted by molar-refractivity contribution is -0.123. The molecule has 0 aliphatic rings. The van der Waals surface area contributed by atoms with Crippen LogP contribution in [0, 0.1) is 12.7 Å². The predicted molar refractivity (Wildman–Crippen MR) is 84.8 cm³/mol. The highest BCUT2D eigenvalue weighted by Crippen LogP contribution is 2.15. The van der Waals surface area contributed by atoms with E-state index in [9.17, 15) is 9.18 Å². The maximum atomic E-state index is 13.4. The quantitative estimate of drug-likeness (QED) is 0.878. The Bertz CT molecular complexity index is 692. The molecule has 1 aromatic heterocycles. The van der Waals surface area contributed by atoms with E-state index < -0.39 is 5.82 Å². The van der Waals surface area contributed by atoms with Crippen LogP contribution in [-0.4, -0.2) is 36.6 Å². The van der Waals surface area contributed by atoms with E-state index in [0.29, 0.717) is 5.82 Å². The average Bonchev–Trinajstić information content (AvgIpc) is 2.51. The summed E-state index contributed by atoms with van der Waals surface area (Å²) in [5.41, 5.74) is 0.815. The summed E-state index contributed by atoms with van der Waals surface area (Å²) < 4.78 is 18.5. The largest absolute Gasteiger partial charge is 0.481 e. The van der Waals surface area contributed by atoms with E-state index >= 15 is 0 Å². The molecule has 1 amide bonds. The molecule has 0 bridgehead atoms. The second-order valence-electron chi connectivity index (χ2n) is 5.17. The number of nitrogens with zero attached hydrogens (tertiary/aromatic N) is 3. The van der Waals surface area contributed by atoms with Crippen LogP contribution >= 0.6 is 0 Å². The number of nitrogens with one attached hydrogen (secondary N) is 1. The normalized spacial score (nSPS) is 10.3. The molecule has 2 aromatic rings. The Kier molecular flexibility index (Phi) is 5.46. The van der Waals surface area contributed by atoms with Gasteiger partial charge < -0.3 is 15.0 Å². The fourth-order valence-corrected chi connectivity index (χ4v) is 1.85. The molecule has 1 heterocycles. The second kappa shape index (κ2) is 7.53. The summed E-state index contributed by atoms with van der Waals surface area (Å²) in [6, 6.07) is 7.79. The van der Waals surface area contributed by atoms with Gasteiger partial charge in [0.2, 0.25) is 0 Å². The number of ether oxygens (including phenoxy) is 1. The number of anilines is 1. The van der Waals surface area contributed by atoms with Crippen LogP contribution in [0.2, 0.25) is 0 Å². The monoisotopic (exact) mass is 318 g/mol. The van der Waals surface area contributed by atoms with Gasteiger partial charge in [0.15, 0.2) is 18.2 Å². The van der Waals surface area contributed by atoms with Gasteiger partial charge in [-0.05, 0) is 19.1 Å². The number of aromatic nitrogens is 2. The third-order valence-electron chi connectivity index (χ3n) is 2.98. The van der Waals surface area contributed by atoms with Gasteiger partial charge in [0.25, 0.3) is 5.91 Å². The Labute approximate surface area is 134 Å². The van der Waals surface area contributed by atoms with E-state index in [-0.39, 0.29) is 24.8 Å². The topological polar surface area (TPSA) is 67.4 Å². The number of hydrogen-bond donors (Lipinski definition) is 1. The number of amides is 1. The number of para-hydroxylation sites is 1. The summed E-state index contributed by atoms with van der Waals surface area (Å²) in [5.74, 6) is 0.448. The van der Waals surface area contributed by atoms with Gasteiger partial charge in [-0.3, -0.25) is 4.79 Å². The van der Waals surface area contributed by atoms with Crippen molar-refractivity contribution in [2.45, 2.75) is 13.5 Å². The summed E-state index contributed by atoms with van der Waals surface area (Å²) in [7, 11) is 3.76. The van der Waals surface area contributed by atoms with Crippen LogP contribution in [0.5, 0.6) is 5.75 Å². The summed E-state index contributed by atoms with van der Waals surface area (Å²) in [5, 5.41) is 2.65. The number of carbonyl (C=O) groups is 1. The highest BCUT2D eigenvalue weighted by atomic mass is 19.1. The maximum Gasteiger partial charge on any atom is 0.258 e. The number of carbonyl (C=O) groups excluding carboxylic acids is 1. The molecule has 0 saturated carbocycles. The molecule has 6 nitrogen and oxygen atoms in total. The zero-order valence-corrected chi connectivity index (χ0v) is 13.3. The first-order chi connectivity index (χ1) is 11.0. The van der Waals surface area contributed by atoms with Crippen LogP contribution in [-0.2, 0) is 11.3 Å². The molecule has 2 rings (SSSR count). The first kappa shape index (κ1) is 16.7. The molecule has 0 spiro atoms. The minimum Gasteiger partial charge on any atom is -0.481 e. The number of halogens is 1. The Morgan fingerprint density at radius 1 is 1.30 bits per heavy atom. The van der Waals surface area contributed by atoms with Crippen LogP contribution in [0.1, 0.15) is 11.5 Å². The van der Waals surface area contributed by atoms with Crippen molar-refractivity contribution in [3.05, 3.63) is 47.7 Å². The molecule has 0 atom stereocenters. The van der Waals surface area contributed by atoms with Crippen molar-refractivity contribution < 1.29 is 13.9 Å². The molecule has 122 valence electrons. The van der Waals surface area contributed by atoms with Crippen molar-refractivity contribution in [2.75, 3.05) is 25.6 Å². The van der Waals surface area contributed by atoms with Gasteiger partial charge in [-0.1, -0.05) is 12.1 Å². The third kappa shape index (κ3) is 4.91. The van der Waals surface area contributed by atoms with Crippen molar-refractivity contribution in [2.24, 2.45) is 0 Å². The highest BCUT2D eigenvalue weighted by molar-refractivity contribution is 5.77. The molecule has 0 fully saturated rings. The van der Waals surface area contributed by atoms with Crippen molar-refractivity contribution in [3.8, 4) is 5.75 Å². The number of aryl methyl sites for hydroxylation is 1. The fraction of sp³-hybridized carbons (Fsp3) is 0.312. The zero-order valence-electron chi connectivity index (χ0n) is 13.3. The first-order valence-corrected chi connectivity index (χ1v) is 7.11. The molecule has 7 heteroatoms.